The van der Waals surface area contributed by atoms with Crippen molar-refractivity contribution in [3.05, 3.63) is 60.4 Å². The summed E-state index contributed by atoms with van der Waals surface area (Å²) in [7, 11) is 0. The molecule has 0 aliphatic carbocycles. The first-order chi connectivity index (χ1) is 14.6. The summed E-state index contributed by atoms with van der Waals surface area (Å²) >= 11 is 0. The monoisotopic (exact) mass is 445 g/mol. The molecule has 3 rings (SSSR count). The van der Waals surface area contributed by atoms with Gasteiger partial charge in [0, 0.05) is 6.54 Å². The van der Waals surface area contributed by atoms with Crippen LogP contribution in [0, 0.1) is 0 Å². The Morgan fingerprint density at radius 1 is 1.03 bits per heavy atom. The molecule has 1 aromatic heterocycles. The number of carbonyl (C=O) groups is 1. The van der Waals surface area contributed by atoms with E-state index in [1.54, 1.807) is 30.3 Å². The second-order valence-electron chi connectivity index (χ2n) is 6.60. The highest BCUT2D eigenvalue weighted by Gasteiger charge is 2.42. The predicted molar refractivity (Wildman–Crippen MR) is 99.3 cm³/mol. The van der Waals surface area contributed by atoms with Crippen LogP contribution in [0.15, 0.2) is 54.9 Å². The number of aromatic nitrogens is 2. The molecule has 11 heteroatoms. The van der Waals surface area contributed by atoms with Crippen LogP contribution in [0.2, 0.25) is 0 Å². The third kappa shape index (κ3) is 5.09. The van der Waals surface area contributed by atoms with Gasteiger partial charge >= 0.3 is 18.1 Å². The summed E-state index contributed by atoms with van der Waals surface area (Å²) in [5, 5.41) is 0. The molecule has 2 aromatic carbocycles. The van der Waals surface area contributed by atoms with E-state index in [2.05, 4.69) is 4.98 Å². The number of hydrogen-bond acceptors (Lipinski definition) is 3. The second-order valence-corrected chi connectivity index (χ2v) is 6.60. The van der Waals surface area contributed by atoms with E-state index in [1.807, 2.05) is 0 Å². The first kappa shape index (κ1) is 22.4. The van der Waals surface area contributed by atoms with E-state index < -0.39 is 31.3 Å². The van der Waals surface area contributed by atoms with Crippen molar-refractivity contribution in [3.63, 3.8) is 0 Å². The highest BCUT2D eigenvalue weighted by molar-refractivity contribution is 5.82. The molecule has 0 fully saturated rings. The highest BCUT2D eigenvalue weighted by atomic mass is 19.4. The van der Waals surface area contributed by atoms with Gasteiger partial charge in [-0.3, -0.25) is 9.36 Å². The number of carbonyl (C=O) groups excluding carboxylic acids is 1. The number of amides is 1. The minimum atomic E-state index is -5.06. The fraction of sp³-hybridized carbons (Fsp3) is 0.300. The molecule has 166 valence electrons. The maximum Gasteiger partial charge on any atom is 0.471 e. The fourth-order valence-electron chi connectivity index (χ4n) is 2.96. The van der Waals surface area contributed by atoms with Crippen LogP contribution >= 0.6 is 0 Å². The summed E-state index contributed by atoms with van der Waals surface area (Å²) in [5.74, 6) is -2.00. The van der Waals surface area contributed by atoms with Crippen molar-refractivity contribution in [2.75, 3.05) is 19.8 Å². The quantitative estimate of drug-likeness (QED) is 0.479. The molecule has 0 aliphatic rings. The molecule has 0 bridgehead atoms. The van der Waals surface area contributed by atoms with Gasteiger partial charge in [-0.05, 0) is 17.7 Å². The predicted octanol–water partition coefficient (Wildman–Crippen LogP) is 4.53. The lowest BCUT2D eigenvalue weighted by molar-refractivity contribution is -0.186. The largest absolute Gasteiger partial charge is 0.489 e. The summed E-state index contributed by atoms with van der Waals surface area (Å²) < 4.78 is 84.7. The maximum atomic E-state index is 13.7. The molecule has 0 aliphatic heterocycles. The molecule has 0 atom stereocenters. The van der Waals surface area contributed by atoms with Crippen molar-refractivity contribution >= 4 is 16.9 Å². The van der Waals surface area contributed by atoms with Gasteiger partial charge in [0.25, 0.3) is 0 Å². The standard InChI is InChI=1S/C20H17F6N3O2/c21-12-19(22,23)29-13-27-17-15(29)7-4-8-16(17)31-10-9-28(18(30)20(24,25)26)11-14-5-2-1-3-6-14/h1-8,13H,9-12H2. The SMILES string of the molecule is O=C(N(CCOc1cccc2c1ncn2C(F)(F)CF)Cc1ccccc1)C(F)(F)F. The molecule has 1 heterocycles. The lowest BCUT2D eigenvalue weighted by atomic mass is 10.2. The molecule has 0 saturated carbocycles. The fourth-order valence-corrected chi connectivity index (χ4v) is 2.96. The van der Waals surface area contributed by atoms with E-state index in [0.29, 0.717) is 15.0 Å². The smallest absolute Gasteiger partial charge is 0.471 e. The number of halogens is 6. The number of para-hydroxylation sites is 1. The second kappa shape index (κ2) is 8.86. The lowest BCUT2D eigenvalue weighted by Gasteiger charge is -2.24. The first-order valence-electron chi connectivity index (χ1n) is 9.06. The number of nitrogens with zero attached hydrogens (tertiary/aromatic N) is 3. The van der Waals surface area contributed by atoms with Gasteiger partial charge in [0.1, 0.15) is 24.2 Å². The minimum absolute atomic E-state index is 0.00705. The molecule has 0 radical (unpaired) electrons. The van der Waals surface area contributed by atoms with Gasteiger partial charge in [-0.15, -0.1) is 0 Å². The number of benzene rings is 2. The molecule has 0 unspecified atom stereocenters. The molecular weight excluding hydrogens is 428 g/mol. The number of imidazole rings is 1. The van der Waals surface area contributed by atoms with Crippen LogP contribution in [0.4, 0.5) is 26.3 Å². The summed E-state index contributed by atoms with van der Waals surface area (Å²) in [6, 6.07) is 8.35. The number of fused-ring (bicyclic) bond motifs is 1. The van der Waals surface area contributed by atoms with E-state index in [0.717, 1.165) is 6.33 Å². The van der Waals surface area contributed by atoms with Crippen LogP contribution in [0.1, 0.15) is 5.56 Å². The molecule has 31 heavy (non-hydrogen) atoms. The van der Waals surface area contributed by atoms with Gasteiger partial charge in [-0.2, -0.15) is 22.0 Å². The van der Waals surface area contributed by atoms with E-state index in [1.165, 1.54) is 18.2 Å². The Hall–Kier alpha value is -3.24. The van der Waals surface area contributed by atoms with Gasteiger partial charge in [0.2, 0.25) is 0 Å². The summed E-state index contributed by atoms with van der Waals surface area (Å²) in [5.41, 5.74) is 0.384. The molecule has 1 amide bonds. The summed E-state index contributed by atoms with van der Waals surface area (Å²) in [6.07, 6.45) is -4.31. The highest BCUT2D eigenvalue weighted by Crippen LogP contribution is 2.31. The molecule has 0 N–H and O–H groups in total. The average molecular weight is 445 g/mol. The van der Waals surface area contributed by atoms with Crippen molar-refractivity contribution in [2.24, 2.45) is 0 Å². The Bertz CT molecular complexity index is 1040. The van der Waals surface area contributed by atoms with Crippen molar-refractivity contribution in [2.45, 2.75) is 18.8 Å². The van der Waals surface area contributed by atoms with Crippen molar-refractivity contribution in [1.29, 1.82) is 0 Å². The van der Waals surface area contributed by atoms with Crippen LogP contribution < -0.4 is 4.74 Å². The average Bonchev–Trinajstić information content (AvgIpc) is 3.18. The summed E-state index contributed by atoms with van der Waals surface area (Å²) in [4.78, 5) is 16.2. The van der Waals surface area contributed by atoms with Crippen molar-refractivity contribution < 1.29 is 35.9 Å². The number of hydrogen-bond donors (Lipinski definition) is 0. The Morgan fingerprint density at radius 2 is 1.74 bits per heavy atom. The van der Waals surface area contributed by atoms with Gasteiger partial charge in [0.05, 0.1) is 12.1 Å². The first-order valence-corrected chi connectivity index (χ1v) is 9.06. The zero-order valence-corrected chi connectivity index (χ0v) is 16.0. The topological polar surface area (TPSA) is 47.4 Å². The molecule has 3 aromatic rings. The van der Waals surface area contributed by atoms with Crippen LogP contribution in [0.5, 0.6) is 5.75 Å². The Morgan fingerprint density at radius 3 is 2.39 bits per heavy atom. The van der Waals surface area contributed by atoms with Gasteiger partial charge in [-0.1, -0.05) is 36.4 Å². The summed E-state index contributed by atoms with van der Waals surface area (Å²) in [6.45, 7) is -2.98. The van der Waals surface area contributed by atoms with Gasteiger partial charge in [-0.25, -0.2) is 9.37 Å². The van der Waals surface area contributed by atoms with E-state index in [4.69, 9.17) is 4.74 Å². The molecule has 0 spiro atoms. The third-order valence-electron chi connectivity index (χ3n) is 4.42. The lowest BCUT2D eigenvalue weighted by Crippen LogP contribution is -2.42. The third-order valence-corrected chi connectivity index (χ3v) is 4.42. The molecular formula is C20H17F6N3O2. The van der Waals surface area contributed by atoms with Crippen LogP contribution in [-0.2, 0) is 17.4 Å². The van der Waals surface area contributed by atoms with Crippen LogP contribution in [-0.4, -0.2) is 46.4 Å². The molecule has 5 nitrogen and oxygen atoms in total. The molecule has 0 saturated heterocycles. The Kier molecular flexibility index (Phi) is 6.42. The van der Waals surface area contributed by atoms with Gasteiger partial charge < -0.3 is 9.64 Å². The van der Waals surface area contributed by atoms with Crippen LogP contribution in [0.25, 0.3) is 11.0 Å². The van der Waals surface area contributed by atoms with E-state index in [9.17, 15) is 31.1 Å². The van der Waals surface area contributed by atoms with Crippen LogP contribution in [0.3, 0.4) is 0 Å². The normalized spacial score (nSPS) is 12.2. The minimum Gasteiger partial charge on any atom is -0.489 e. The zero-order chi connectivity index (χ0) is 22.6. The van der Waals surface area contributed by atoms with E-state index >= 15 is 0 Å². The van der Waals surface area contributed by atoms with E-state index in [-0.39, 0.29) is 29.9 Å². The Labute approximate surface area is 172 Å². The van der Waals surface area contributed by atoms with Crippen molar-refractivity contribution in [1.82, 2.24) is 14.5 Å². The maximum absolute atomic E-state index is 13.7. The number of ether oxygens (including phenoxy) is 1. The zero-order valence-electron chi connectivity index (χ0n) is 16.0. The number of alkyl halides is 6. The van der Waals surface area contributed by atoms with Gasteiger partial charge in [0.15, 0.2) is 6.67 Å². The number of rotatable bonds is 8. The van der Waals surface area contributed by atoms with Crippen molar-refractivity contribution in [3.8, 4) is 5.75 Å². The Balaban J connectivity index is 1.76.